The van der Waals surface area contributed by atoms with Crippen molar-refractivity contribution in [1.82, 2.24) is 20.2 Å². The number of amides is 1. The highest BCUT2D eigenvalue weighted by Crippen LogP contribution is 2.24. The fraction of sp³-hybridized carbons (Fsp3) is 0.700. The van der Waals surface area contributed by atoms with Crippen LogP contribution in [0.4, 0.5) is 20.5 Å². The first kappa shape index (κ1) is 24.0. The first-order valence-corrected chi connectivity index (χ1v) is 10.8. The summed E-state index contributed by atoms with van der Waals surface area (Å²) in [5.74, 6) is 0.224. The highest BCUT2D eigenvalue weighted by molar-refractivity contribution is 5.98. The Morgan fingerprint density at radius 1 is 1.31 bits per heavy atom. The van der Waals surface area contributed by atoms with Crippen LogP contribution in [0.1, 0.15) is 42.5 Å². The lowest BCUT2D eigenvalue weighted by Gasteiger charge is -2.27. The summed E-state index contributed by atoms with van der Waals surface area (Å²) in [6, 6.07) is 2.09. The highest BCUT2D eigenvalue weighted by atomic mass is 19.3. The van der Waals surface area contributed by atoms with Crippen LogP contribution >= 0.6 is 0 Å². The van der Waals surface area contributed by atoms with Crippen LogP contribution in [-0.4, -0.2) is 83.5 Å². The van der Waals surface area contributed by atoms with Gasteiger partial charge < -0.3 is 25.8 Å². The van der Waals surface area contributed by atoms with Crippen molar-refractivity contribution in [3.8, 4) is 6.07 Å². The number of likely N-dealkylation sites (tertiary alicyclic amines) is 1. The van der Waals surface area contributed by atoms with Gasteiger partial charge in [-0.1, -0.05) is 0 Å². The number of carbonyl (C=O) groups is 1. The van der Waals surface area contributed by atoms with Crippen molar-refractivity contribution in [2.75, 3.05) is 43.4 Å². The zero-order chi connectivity index (χ0) is 22.9. The van der Waals surface area contributed by atoms with Crippen molar-refractivity contribution in [3.05, 3.63) is 11.8 Å². The van der Waals surface area contributed by atoms with Gasteiger partial charge in [-0.25, -0.2) is 4.98 Å². The Labute approximate surface area is 185 Å². The van der Waals surface area contributed by atoms with Gasteiger partial charge in [-0.15, -0.1) is 0 Å². The van der Waals surface area contributed by atoms with Gasteiger partial charge in [0.1, 0.15) is 11.4 Å². The highest BCUT2D eigenvalue weighted by Gasteiger charge is 2.27. The molecule has 1 saturated carbocycles. The van der Waals surface area contributed by atoms with E-state index in [-0.39, 0.29) is 48.8 Å². The third-order valence-electron chi connectivity index (χ3n) is 5.60. The maximum atomic E-state index is 12.9. The van der Waals surface area contributed by atoms with E-state index in [1.54, 1.807) is 0 Å². The van der Waals surface area contributed by atoms with E-state index in [1.807, 2.05) is 4.90 Å². The molecule has 1 aliphatic heterocycles. The normalized spacial score (nSPS) is 23.7. The largest absolute Gasteiger partial charge is 0.393 e. The predicted octanol–water partition coefficient (Wildman–Crippen LogP) is 1.17. The van der Waals surface area contributed by atoms with Gasteiger partial charge in [0.25, 0.3) is 5.91 Å². The molecule has 2 aliphatic rings. The molecule has 1 amide bonds. The molecule has 0 bridgehead atoms. The number of hydrogen-bond acceptors (Lipinski definition) is 9. The van der Waals surface area contributed by atoms with Crippen molar-refractivity contribution in [3.63, 3.8) is 0 Å². The summed E-state index contributed by atoms with van der Waals surface area (Å²) in [6.45, 7) is -1.30. The minimum absolute atomic E-state index is 0.0486. The van der Waals surface area contributed by atoms with Crippen LogP contribution in [0, 0.1) is 11.3 Å². The molecule has 0 aromatic carbocycles. The molecule has 0 spiro atoms. The molecular weight excluding hydrogens is 424 g/mol. The Hall–Kier alpha value is -2.62. The van der Waals surface area contributed by atoms with Crippen molar-refractivity contribution in [2.45, 2.75) is 56.9 Å². The average molecular weight is 453 g/mol. The number of rotatable bonds is 10. The summed E-state index contributed by atoms with van der Waals surface area (Å²) in [7, 11) is 0. The fourth-order valence-electron chi connectivity index (χ4n) is 3.92. The number of ether oxygens (including phenoxy) is 1. The molecule has 4 N–H and O–H groups in total. The molecule has 1 aromatic heterocycles. The lowest BCUT2D eigenvalue weighted by molar-refractivity contribution is -0.125. The molecule has 0 unspecified atom stereocenters. The zero-order valence-electron chi connectivity index (χ0n) is 17.8. The SMILES string of the molecule is N#CCN1CC[C@H](NC(=O)c2cnc(NCCOC(F)F)nc2N[C@H]2CC[C@H](O)CC2)C1. The number of halogens is 2. The van der Waals surface area contributed by atoms with Gasteiger partial charge in [0.2, 0.25) is 5.95 Å². The molecule has 2 fully saturated rings. The Balaban J connectivity index is 1.67. The van der Waals surface area contributed by atoms with Crippen LogP contribution in [-0.2, 0) is 4.74 Å². The molecule has 12 heteroatoms. The summed E-state index contributed by atoms with van der Waals surface area (Å²) in [5, 5.41) is 27.7. The number of aliphatic hydroxyl groups excluding tert-OH is 1. The Kier molecular flexibility index (Phi) is 8.90. The van der Waals surface area contributed by atoms with Crippen molar-refractivity contribution in [1.29, 1.82) is 5.26 Å². The van der Waals surface area contributed by atoms with E-state index in [0.29, 0.717) is 31.7 Å². The number of nitriles is 1. The number of nitrogens with zero attached hydrogens (tertiary/aromatic N) is 4. The van der Waals surface area contributed by atoms with Crippen molar-refractivity contribution < 1.29 is 23.4 Å². The van der Waals surface area contributed by atoms with Crippen molar-refractivity contribution >= 4 is 17.7 Å². The number of hydrogen-bond donors (Lipinski definition) is 4. The van der Waals surface area contributed by atoms with E-state index in [0.717, 1.165) is 25.8 Å². The smallest absolute Gasteiger partial charge is 0.345 e. The van der Waals surface area contributed by atoms with Crippen LogP contribution in [0.5, 0.6) is 0 Å². The monoisotopic (exact) mass is 453 g/mol. The Bertz CT molecular complexity index is 800. The van der Waals surface area contributed by atoms with E-state index < -0.39 is 6.61 Å². The minimum Gasteiger partial charge on any atom is -0.393 e. The second-order valence-electron chi connectivity index (χ2n) is 8.02. The van der Waals surface area contributed by atoms with E-state index >= 15 is 0 Å². The van der Waals surface area contributed by atoms with E-state index in [9.17, 15) is 18.7 Å². The first-order valence-electron chi connectivity index (χ1n) is 10.8. The Morgan fingerprint density at radius 2 is 2.09 bits per heavy atom. The number of anilines is 2. The van der Waals surface area contributed by atoms with E-state index in [4.69, 9.17) is 5.26 Å². The lowest BCUT2D eigenvalue weighted by Crippen LogP contribution is -2.38. The number of aromatic nitrogens is 2. The van der Waals surface area contributed by atoms with Crippen LogP contribution in [0.15, 0.2) is 6.20 Å². The quantitative estimate of drug-likeness (QED) is 0.304. The lowest BCUT2D eigenvalue weighted by atomic mass is 9.93. The number of alkyl halides is 2. The molecule has 0 radical (unpaired) electrons. The average Bonchev–Trinajstić information content (AvgIpc) is 3.20. The van der Waals surface area contributed by atoms with Gasteiger partial charge in [-0.2, -0.15) is 19.0 Å². The van der Waals surface area contributed by atoms with Gasteiger partial charge in [0.05, 0.1) is 25.3 Å². The summed E-state index contributed by atoms with van der Waals surface area (Å²) in [5.41, 5.74) is 0.282. The molecule has 1 aliphatic carbocycles. The predicted molar refractivity (Wildman–Crippen MR) is 112 cm³/mol. The summed E-state index contributed by atoms with van der Waals surface area (Å²) >= 11 is 0. The van der Waals surface area contributed by atoms with E-state index in [2.05, 4.69) is 36.7 Å². The maximum absolute atomic E-state index is 12.9. The standard InChI is InChI=1S/C20H29F2N7O3/c21-19(22)32-10-7-24-20-25-11-16(17(28-20)26-13-1-3-15(30)4-2-13)18(31)27-14-5-8-29(12-14)9-6-23/h11,13-15,19,30H,1-5,7-10,12H2,(H,27,31)(H2,24,25,26,28)/t13-,14-,15-/m0/s1. The van der Waals surface area contributed by atoms with Gasteiger partial charge in [-0.3, -0.25) is 9.69 Å². The van der Waals surface area contributed by atoms with Crippen LogP contribution in [0.25, 0.3) is 0 Å². The fourth-order valence-corrected chi connectivity index (χ4v) is 3.92. The number of nitrogens with one attached hydrogen (secondary N) is 3. The number of carbonyl (C=O) groups excluding carboxylic acids is 1. The molecule has 3 rings (SSSR count). The van der Waals surface area contributed by atoms with Crippen molar-refractivity contribution in [2.24, 2.45) is 0 Å². The van der Waals surface area contributed by atoms with Crippen LogP contribution < -0.4 is 16.0 Å². The molecular formula is C20H29F2N7O3. The second kappa shape index (κ2) is 11.8. The summed E-state index contributed by atoms with van der Waals surface area (Å²) in [4.78, 5) is 23.5. The molecule has 176 valence electrons. The molecule has 10 nitrogen and oxygen atoms in total. The molecule has 1 aromatic rings. The zero-order valence-corrected chi connectivity index (χ0v) is 17.8. The third-order valence-corrected chi connectivity index (χ3v) is 5.60. The second-order valence-corrected chi connectivity index (χ2v) is 8.02. The molecule has 32 heavy (non-hydrogen) atoms. The molecule has 1 atom stereocenters. The summed E-state index contributed by atoms with van der Waals surface area (Å²) in [6.07, 6.45) is 4.65. The number of aliphatic hydroxyl groups is 1. The van der Waals surface area contributed by atoms with Gasteiger partial charge >= 0.3 is 6.61 Å². The summed E-state index contributed by atoms with van der Waals surface area (Å²) < 4.78 is 28.4. The van der Waals surface area contributed by atoms with Gasteiger partial charge in [0.15, 0.2) is 0 Å². The first-order chi connectivity index (χ1) is 15.4. The van der Waals surface area contributed by atoms with Gasteiger partial charge in [0, 0.05) is 37.9 Å². The topological polar surface area (TPSA) is 135 Å². The van der Waals surface area contributed by atoms with Crippen LogP contribution in [0.3, 0.4) is 0 Å². The third kappa shape index (κ3) is 7.22. The Morgan fingerprint density at radius 3 is 2.81 bits per heavy atom. The molecule has 1 saturated heterocycles. The van der Waals surface area contributed by atoms with E-state index in [1.165, 1.54) is 6.20 Å². The van der Waals surface area contributed by atoms with Gasteiger partial charge in [-0.05, 0) is 32.1 Å². The molecule has 2 heterocycles. The van der Waals surface area contributed by atoms with Crippen LogP contribution in [0.2, 0.25) is 0 Å². The maximum Gasteiger partial charge on any atom is 0.345 e. The minimum atomic E-state index is -2.85.